The van der Waals surface area contributed by atoms with Crippen LogP contribution >= 0.6 is 12.4 Å². The molecule has 0 radical (unpaired) electrons. The predicted octanol–water partition coefficient (Wildman–Crippen LogP) is 3.58. The molecule has 1 rings (SSSR count). The van der Waals surface area contributed by atoms with Crippen LogP contribution in [-0.4, -0.2) is 31.0 Å². The van der Waals surface area contributed by atoms with Crippen molar-refractivity contribution in [3.05, 3.63) is 29.8 Å². The molecule has 132 valence electrons. The van der Waals surface area contributed by atoms with Crippen LogP contribution in [0.2, 0.25) is 0 Å². The standard InChI is InChI=1S/C16H24F2N2O2.ClH/c1-20(15(21)6-4-2-3-5-11-19)12-13-7-9-14(10-8-13)22-16(17)18;/h7-10,16H,2-6,11-12,19H2,1H3;1H. The van der Waals surface area contributed by atoms with E-state index in [1.165, 1.54) is 12.1 Å². The average molecular weight is 351 g/mol. The van der Waals surface area contributed by atoms with Crippen molar-refractivity contribution in [2.24, 2.45) is 5.73 Å². The summed E-state index contributed by atoms with van der Waals surface area (Å²) in [5, 5.41) is 0. The monoisotopic (exact) mass is 350 g/mol. The number of nitrogens with two attached hydrogens (primary N) is 1. The van der Waals surface area contributed by atoms with Crippen molar-refractivity contribution in [3.63, 3.8) is 0 Å². The van der Waals surface area contributed by atoms with Crippen LogP contribution in [0.1, 0.15) is 37.7 Å². The Labute approximate surface area is 142 Å². The normalized spacial score (nSPS) is 10.3. The summed E-state index contributed by atoms with van der Waals surface area (Å²) in [6, 6.07) is 6.32. The Morgan fingerprint density at radius 2 is 1.78 bits per heavy atom. The smallest absolute Gasteiger partial charge is 0.387 e. The Morgan fingerprint density at radius 3 is 2.35 bits per heavy atom. The lowest BCUT2D eigenvalue weighted by atomic mass is 10.1. The van der Waals surface area contributed by atoms with Crippen molar-refractivity contribution in [2.45, 2.75) is 45.3 Å². The molecule has 0 unspecified atom stereocenters. The van der Waals surface area contributed by atoms with Gasteiger partial charge in [-0.3, -0.25) is 4.79 Å². The highest BCUT2D eigenvalue weighted by molar-refractivity contribution is 5.85. The first-order valence-corrected chi connectivity index (χ1v) is 7.50. The third-order valence-electron chi connectivity index (χ3n) is 3.34. The molecule has 2 N–H and O–H groups in total. The van der Waals surface area contributed by atoms with Crippen molar-refractivity contribution in [3.8, 4) is 5.75 Å². The van der Waals surface area contributed by atoms with Gasteiger partial charge in [-0.05, 0) is 37.1 Å². The van der Waals surface area contributed by atoms with E-state index in [2.05, 4.69) is 4.74 Å². The summed E-state index contributed by atoms with van der Waals surface area (Å²) >= 11 is 0. The van der Waals surface area contributed by atoms with Crippen LogP contribution in [0, 0.1) is 0 Å². The van der Waals surface area contributed by atoms with Gasteiger partial charge in [0.1, 0.15) is 5.75 Å². The molecule has 23 heavy (non-hydrogen) atoms. The van der Waals surface area contributed by atoms with E-state index >= 15 is 0 Å². The second kappa shape index (κ2) is 12.1. The molecule has 0 bridgehead atoms. The minimum atomic E-state index is -2.82. The minimum absolute atomic E-state index is 0. The molecule has 1 amide bonds. The minimum Gasteiger partial charge on any atom is -0.435 e. The summed E-state index contributed by atoms with van der Waals surface area (Å²) in [5.74, 6) is 0.202. The molecule has 0 heterocycles. The van der Waals surface area contributed by atoms with Gasteiger partial charge in [-0.25, -0.2) is 0 Å². The quantitative estimate of drug-likeness (QED) is 0.656. The molecular weight excluding hydrogens is 326 g/mol. The van der Waals surface area contributed by atoms with E-state index in [0.717, 1.165) is 31.2 Å². The summed E-state index contributed by atoms with van der Waals surface area (Å²) in [4.78, 5) is 13.6. The Morgan fingerprint density at radius 1 is 1.17 bits per heavy atom. The molecular formula is C16H25ClF2N2O2. The highest BCUT2D eigenvalue weighted by Crippen LogP contribution is 2.16. The topological polar surface area (TPSA) is 55.6 Å². The second-order valence-corrected chi connectivity index (χ2v) is 5.23. The van der Waals surface area contributed by atoms with Crippen molar-refractivity contribution in [2.75, 3.05) is 13.6 Å². The van der Waals surface area contributed by atoms with E-state index in [0.29, 0.717) is 19.5 Å². The van der Waals surface area contributed by atoms with Gasteiger partial charge < -0.3 is 15.4 Å². The second-order valence-electron chi connectivity index (χ2n) is 5.23. The van der Waals surface area contributed by atoms with Crippen LogP contribution in [0.25, 0.3) is 0 Å². The van der Waals surface area contributed by atoms with Gasteiger partial charge in [0.05, 0.1) is 0 Å². The highest BCUT2D eigenvalue weighted by Gasteiger charge is 2.09. The number of carbonyl (C=O) groups is 1. The number of rotatable bonds is 10. The van der Waals surface area contributed by atoms with Crippen LogP contribution in [0.3, 0.4) is 0 Å². The number of hydrogen-bond acceptors (Lipinski definition) is 3. The number of unbranched alkanes of at least 4 members (excludes halogenated alkanes) is 3. The molecule has 1 aromatic rings. The molecule has 4 nitrogen and oxygen atoms in total. The summed E-state index contributed by atoms with van der Waals surface area (Å²) in [6.45, 7) is -1.68. The molecule has 0 saturated heterocycles. The molecule has 0 aliphatic carbocycles. The molecule has 0 atom stereocenters. The zero-order valence-electron chi connectivity index (χ0n) is 13.3. The van der Waals surface area contributed by atoms with E-state index in [9.17, 15) is 13.6 Å². The number of hydrogen-bond donors (Lipinski definition) is 1. The first-order chi connectivity index (χ1) is 10.5. The molecule has 0 saturated carbocycles. The Bertz CT molecular complexity index is 444. The predicted molar refractivity (Wildman–Crippen MR) is 88.9 cm³/mol. The number of amides is 1. The number of alkyl halides is 2. The third-order valence-corrected chi connectivity index (χ3v) is 3.34. The maximum atomic E-state index is 12.1. The van der Waals surface area contributed by atoms with Gasteiger partial charge in [0, 0.05) is 20.0 Å². The Balaban J connectivity index is 0.00000484. The van der Waals surface area contributed by atoms with Crippen LogP contribution in [-0.2, 0) is 11.3 Å². The van der Waals surface area contributed by atoms with Crippen molar-refractivity contribution < 1.29 is 18.3 Å². The summed E-state index contributed by atoms with van der Waals surface area (Å²) in [7, 11) is 1.74. The molecule has 0 fully saturated rings. The van der Waals surface area contributed by atoms with Gasteiger partial charge in [-0.15, -0.1) is 12.4 Å². The lowest BCUT2D eigenvalue weighted by Crippen LogP contribution is -2.25. The number of halogens is 3. The fraction of sp³-hybridized carbons (Fsp3) is 0.562. The Hall–Kier alpha value is -1.40. The Kier molecular flexibility index (Phi) is 11.3. The molecule has 1 aromatic carbocycles. The first-order valence-electron chi connectivity index (χ1n) is 7.50. The molecule has 0 spiro atoms. The lowest BCUT2D eigenvalue weighted by Gasteiger charge is -2.17. The van der Waals surface area contributed by atoms with Crippen molar-refractivity contribution >= 4 is 18.3 Å². The van der Waals surface area contributed by atoms with E-state index in [-0.39, 0.29) is 24.1 Å². The van der Waals surface area contributed by atoms with Gasteiger partial charge in [-0.1, -0.05) is 25.0 Å². The molecule has 0 aliphatic rings. The first kappa shape index (κ1) is 21.6. The summed E-state index contributed by atoms with van der Waals surface area (Å²) < 4.78 is 28.4. The summed E-state index contributed by atoms with van der Waals surface area (Å²) in [5.41, 5.74) is 6.29. The average Bonchev–Trinajstić information content (AvgIpc) is 2.48. The molecule has 0 aromatic heterocycles. The SMILES string of the molecule is CN(Cc1ccc(OC(F)F)cc1)C(=O)CCCCCCN.Cl. The fourth-order valence-corrected chi connectivity index (χ4v) is 2.10. The van der Waals surface area contributed by atoms with Crippen LogP contribution in [0.5, 0.6) is 5.75 Å². The third kappa shape index (κ3) is 9.36. The highest BCUT2D eigenvalue weighted by atomic mass is 35.5. The van der Waals surface area contributed by atoms with Crippen molar-refractivity contribution in [1.82, 2.24) is 4.90 Å². The number of benzene rings is 1. The van der Waals surface area contributed by atoms with E-state index in [4.69, 9.17) is 5.73 Å². The van der Waals surface area contributed by atoms with Crippen LogP contribution in [0.15, 0.2) is 24.3 Å². The zero-order chi connectivity index (χ0) is 16.4. The largest absolute Gasteiger partial charge is 0.435 e. The van der Waals surface area contributed by atoms with Gasteiger partial charge in [0.2, 0.25) is 5.91 Å². The lowest BCUT2D eigenvalue weighted by molar-refractivity contribution is -0.130. The van der Waals surface area contributed by atoms with Crippen LogP contribution in [0.4, 0.5) is 8.78 Å². The van der Waals surface area contributed by atoms with Crippen molar-refractivity contribution in [1.29, 1.82) is 0 Å². The van der Waals surface area contributed by atoms with Gasteiger partial charge in [0.25, 0.3) is 0 Å². The number of ether oxygens (including phenoxy) is 1. The maximum absolute atomic E-state index is 12.1. The number of carbonyl (C=O) groups excluding carboxylic acids is 1. The van der Waals surface area contributed by atoms with E-state index < -0.39 is 6.61 Å². The molecule has 7 heteroatoms. The van der Waals surface area contributed by atoms with Gasteiger partial charge in [0.15, 0.2) is 0 Å². The zero-order valence-corrected chi connectivity index (χ0v) is 14.2. The fourth-order valence-electron chi connectivity index (χ4n) is 2.10. The molecule has 0 aliphatic heterocycles. The van der Waals surface area contributed by atoms with E-state index in [1.54, 1.807) is 24.1 Å². The van der Waals surface area contributed by atoms with Gasteiger partial charge in [-0.2, -0.15) is 8.78 Å². The van der Waals surface area contributed by atoms with E-state index in [1.807, 2.05) is 0 Å². The van der Waals surface area contributed by atoms with Gasteiger partial charge >= 0.3 is 6.61 Å². The summed E-state index contributed by atoms with van der Waals surface area (Å²) in [6.07, 6.45) is 4.45. The van der Waals surface area contributed by atoms with Crippen LogP contribution < -0.4 is 10.5 Å². The maximum Gasteiger partial charge on any atom is 0.387 e. The number of nitrogens with zero attached hydrogens (tertiary/aromatic N) is 1.